The van der Waals surface area contributed by atoms with Crippen molar-refractivity contribution in [2.24, 2.45) is 11.3 Å². The molecule has 0 N–H and O–H groups in total. The van der Waals surface area contributed by atoms with E-state index in [1.165, 1.54) is 22.3 Å². The van der Waals surface area contributed by atoms with E-state index in [1.807, 2.05) is 0 Å². The van der Waals surface area contributed by atoms with Crippen LogP contribution in [-0.4, -0.2) is 20.8 Å². The van der Waals surface area contributed by atoms with Gasteiger partial charge in [-0.2, -0.15) is 8.42 Å². The highest BCUT2D eigenvalue weighted by atomic mass is 32.2. The Bertz CT molecular complexity index is 838. The van der Waals surface area contributed by atoms with Crippen LogP contribution in [0.4, 0.5) is 0 Å². The zero-order valence-electron chi connectivity index (χ0n) is 14.3. The smallest absolute Gasteiger partial charge is 0.264 e. The third kappa shape index (κ3) is 2.47. The summed E-state index contributed by atoms with van der Waals surface area (Å²) in [5.74, 6) is 0.451. The summed E-state index contributed by atoms with van der Waals surface area (Å²) >= 11 is 0. The van der Waals surface area contributed by atoms with E-state index in [2.05, 4.69) is 37.8 Å². The highest BCUT2D eigenvalue weighted by Gasteiger charge is 2.40. The van der Waals surface area contributed by atoms with Crippen molar-refractivity contribution in [3.8, 4) is 0 Å². The van der Waals surface area contributed by atoms with Gasteiger partial charge in [0.05, 0.1) is 12.4 Å². The Morgan fingerprint density at radius 3 is 2.75 bits per heavy atom. The molecule has 0 aromatic rings. The van der Waals surface area contributed by atoms with E-state index in [0.29, 0.717) is 5.92 Å². The van der Waals surface area contributed by atoms with Gasteiger partial charge < -0.3 is 0 Å². The Kier molecular flexibility index (Phi) is 3.56. The quantitative estimate of drug-likeness (QED) is 0.705. The minimum Gasteiger partial charge on any atom is -0.267 e. The first-order chi connectivity index (χ1) is 11.3. The molecule has 0 aromatic carbocycles. The molecule has 0 amide bonds. The van der Waals surface area contributed by atoms with Crippen molar-refractivity contribution in [1.29, 1.82) is 0 Å². The third-order valence-electron chi connectivity index (χ3n) is 6.09. The molecule has 4 aliphatic rings. The third-order valence-corrected chi connectivity index (χ3v) is 6.71. The van der Waals surface area contributed by atoms with Crippen LogP contribution in [0.2, 0.25) is 0 Å². The van der Waals surface area contributed by atoms with Crippen molar-refractivity contribution in [1.82, 2.24) is 0 Å². The number of allylic oxidation sites excluding steroid dienone is 9. The van der Waals surface area contributed by atoms with Crippen molar-refractivity contribution in [3.63, 3.8) is 0 Å². The molecule has 3 unspecified atom stereocenters. The highest BCUT2D eigenvalue weighted by molar-refractivity contribution is 7.86. The molecule has 24 heavy (non-hydrogen) atoms. The van der Waals surface area contributed by atoms with Crippen molar-refractivity contribution >= 4 is 10.1 Å². The van der Waals surface area contributed by atoms with Gasteiger partial charge in [0.25, 0.3) is 10.1 Å². The van der Waals surface area contributed by atoms with Gasteiger partial charge in [0.15, 0.2) is 0 Å². The van der Waals surface area contributed by atoms with Gasteiger partial charge in [-0.3, -0.25) is 4.18 Å². The summed E-state index contributed by atoms with van der Waals surface area (Å²) < 4.78 is 28.1. The van der Waals surface area contributed by atoms with Crippen LogP contribution in [0, 0.1) is 11.3 Å². The molecule has 0 aromatic heterocycles. The molecule has 1 fully saturated rings. The zero-order chi connectivity index (χ0) is 17.1. The highest BCUT2D eigenvalue weighted by Crippen LogP contribution is 2.53. The predicted molar refractivity (Wildman–Crippen MR) is 95.9 cm³/mol. The summed E-state index contributed by atoms with van der Waals surface area (Å²) in [6.07, 6.45) is 14.6. The Labute approximate surface area is 144 Å². The summed E-state index contributed by atoms with van der Waals surface area (Å²) in [5.41, 5.74) is 6.91. The second kappa shape index (κ2) is 5.30. The van der Waals surface area contributed by atoms with Crippen molar-refractivity contribution in [2.45, 2.75) is 45.1 Å². The van der Waals surface area contributed by atoms with E-state index in [4.69, 9.17) is 4.18 Å². The van der Waals surface area contributed by atoms with E-state index in [1.54, 1.807) is 0 Å². The van der Waals surface area contributed by atoms with E-state index < -0.39 is 10.1 Å². The monoisotopic (exact) mass is 344 g/mol. The molecule has 0 radical (unpaired) electrons. The second-order valence-corrected chi connectivity index (χ2v) is 9.26. The van der Waals surface area contributed by atoms with Gasteiger partial charge >= 0.3 is 0 Å². The number of rotatable bonds is 2. The fourth-order valence-electron chi connectivity index (χ4n) is 4.78. The van der Waals surface area contributed by atoms with E-state index in [-0.39, 0.29) is 11.5 Å². The average molecular weight is 344 g/mol. The van der Waals surface area contributed by atoms with Crippen molar-refractivity contribution < 1.29 is 12.6 Å². The van der Waals surface area contributed by atoms with Gasteiger partial charge in [-0.15, -0.1) is 0 Å². The maximum absolute atomic E-state index is 11.4. The van der Waals surface area contributed by atoms with E-state index in [0.717, 1.165) is 43.9 Å². The minimum atomic E-state index is -3.37. The lowest BCUT2D eigenvalue weighted by molar-refractivity contribution is 0.150. The Hall–Kier alpha value is -1.39. The summed E-state index contributed by atoms with van der Waals surface area (Å²) in [7, 11) is -3.37. The molecule has 4 rings (SSSR count). The number of hydrogen-bond acceptors (Lipinski definition) is 3. The largest absolute Gasteiger partial charge is 0.267 e. The maximum Gasteiger partial charge on any atom is 0.264 e. The SMILES string of the molecule is C=C1C=CC2=C3CCC4CC(OS(C)(=O)=O)CCC4=C3C=CC12C. The Morgan fingerprint density at radius 1 is 1.21 bits per heavy atom. The molecule has 1 saturated carbocycles. The average Bonchev–Trinajstić information content (AvgIpc) is 2.81. The Morgan fingerprint density at radius 2 is 2.00 bits per heavy atom. The molecular weight excluding hydrogens is 320 g/mol. The van der Waals surface area contributed by atoms with Gasteiger partial charge in [0, 0.05) is 5.41 Å². The summed E-state index contributed by atoms with van der Waals surface area (Å²) in [4.78, 5) is 0. The molecule has 0 heterocycles. The van der Waals surface area contributed by atoms with Gasteiger partial charge in [0.1, 0.15) is 0 Å². The van der Waals surface area contributed by atoms with Gasteiger partial charge in [-0.25, -0.2) is 0 Å². The van der Waals surface area contributed by atoms with E-state index in [9.17, 15) is 8.42 Å². The molecule has 4 aliphatic carbocycles. The standard InChI is InChI=1S/C20H24O3S/c1-13-4-9-19-18-7-5-14-12-15(23-24(3,21)22)6-8-16(14)17(18)10-11-20(13,19)2/h4,9-11,14-15H,1,5-8,12H2,2-3H3. The van der Waals surface area contributed by atoms with Crippen molar-refractivity contribution in [2.75, 3.05) is 6.26 Å². The van der Waals surface area contributed by atoms with Gasteiger partial charge in [-0.05, 0) is 67.2 Å². The van der Waals surface area contributed by atoms with Crippen molar-refractivity contribution in [3.05, 3.63) is 58.7 Å². The maximum atomic E-state index is 11.4. The first kappa shape index (κ1) is 16.1. The van der Waals surface area contributed by atoms with Crippen LogP contribution in [0.3, 0.4) is 0 Å². The molecule has 3 nitrogen and oxygen atoms in total. The minimum absolute atomic E-state index is 0.0389. The van der Waals surface area contributed by atoms with Crippen LogP contribution in [0.1, 0.15) is 39.0 Å². The van der Waals surface area contributed by atoms with Crippen LogP contribution >= 0.6 is 0 Å². The lowest BCUT2D eigenvalue weighted by Gasteiger charge is -2.40. The lowest BCUT2D eigenvalue weighted by atomic mass is 9.65. The van der Waals surface area contributed by atoms with Gasteiger partial charge in [-0.1, -0.05) is 36.5 Å². The van der Waals surface area contributed by atoms with Crippen LogP contribution < -0.4 is 0 Å². The molecule has 0 spiro atoms. The van der Waals surface area contributed by atoms with Gasteiger partial charge in [0.2, 0.25) is 0 Å². The fourth-order valence-corrected chi connectivity index (χ4v) is 5.45. The first-order valence-electron chi connectivity index (χ1n) is 8.70. The molecule has 128 valence electrons. The molecule has 0 bridgehead atoms. The Balaban J connectivity index is 1.67. The molecule has 0 saturated heterocycles. The second-order valence-electron chi connectivity index (χ2n) is 7.66. The molecular formula is C20H24O3S. The summed E-state index contributed by atoms with van der Waals surface area (Å²) in [6.45, 7) is 6.46. The lowest BCUT2D eigenvalue weighted by Crippen LogP contribution is -2.30. The molecule has 0 aliphatic heterocycles. The van der Waals surface area contributed by atoms with Crippen LogP contribution in [0.15, 0.2) is 58.7 Å². The zero-order valence-corrected chi connectivity index (χ0v) is 15.2. The first-order valence-corrected chi connectivity index (χ1v) is 10.5. The number of fused-ring (bicyclic) bond motifs is 3. The van der Waals surface area contributed by atoms with E-state index >= 15 is 0 Å². The summed E-state index contributed by atoms with van der Waals surface area (Å²) in [5, 5.41) is 0. The normalized spacial score (nSPS) is 35.2. The van der Waals surface area contributed by atoms with Crippen LogP contribution in [-0.2, 0) is 14.3 Å². The summed E-state index contributed by atoms with van der Waals surface area (Å²) in [6, 6.07) is 0. The molecule has 3 atom stereocenters. The fraction of sp³-hybridized carbons (Fsp3) is 0.500. The topological polar surface area (TPSA) is 43.4 Å². The van der Waals surface area contributed by atoms with Crippen LogP contribution in [0.25, 0.3) is 0 Å². The number of hydrogen-bond donors (Lipinski definition) is 0. The molecule has 4 heteroatoms. The van der Waals surface area contributed by atoms with Crippen LogP contribution in [0.5, 0.6) is 0 Å². The predicted octanol–water partition coefficient (Wildman–Crippen LogP) is 4.22.